The first-order valence-corrected chi connectivity index (χ1v) is 6.01. The molecule has 0 spiro atoms. The SMILES string of the molecule is CN(C)C(=O)NCCNC(=O)c1ccc(O)c(Cl)c1. The minimum absolute atomic E-state index is 0.0727. The number of carbonyl (C=O) groups excluding carboxylic acids is 2. The fourth-order valence-corrected chi connectivity index (χ4v) is 1.43. The highest BCUT2D eigenvalue weighted by molar-refractivity contribution is 6.32. The maximum absolute atomic E-state index is 11.7. The van der Waals surface area contributed by atoms with Crippen LogP contribution in [-0.2, 0) is 0 Å². The lowest BCUT2D eigenvalue weighted by atomic mass is 10.2. The number of aromatic hydroxyl groups is 1. The van der Waals surface area contributed by atoms with Gasteiger partial charge >= 0.3 is 6.03 Å². The molecular weight excluding hydrogens is 270 g/mol. The largest absolute Gasteiger partial charge is 0.506 e. The predicted molar refractivity (Wildman–Crippen MR) is 72.5 cm³/mol. The second-order valence-corrected chi connectivity index (χ2v) is 4.46. The first-order chi connectivity index (χ1) is 8.91. The fourth-order valence-electron chi connectivity index (χ4n) is 1.25. The molecule has 0 saturated heterocycles. The number of nitrogens with one attached hydrogen (secondary N) is 2. The van der Waals surface area contributed by atoms with Crippen molar-refractivity contribution in [1.29, 1.82) is 0 Å². The Hall–Kier alpha value is -1.95. The summed E-state index contributed by atoms with van der Waals surface area (Å²) in [7, 11) is 3.26. The van der Waals surface area contributed by atoms with E-state index in [0.29, 0.717) is 18.7 Å². The summed E-state index contributed by atoms with van der Waals surface area (Å²) in [5.74, 6) is -0.391. The molecule has 0 aliphatic carbocycles. The maximum atomic E-state index is 11.7. The van der Waals surface area contributed by atoms with Crippen molar-refractivity contribution in [3.63, 3.8) is 0 Å². The van der Waals surface area contributed by atoms with E-state index < -0.39 is 0 Å². The lowest BCUT2D eigenvalue weighted by Crippen LogP contribution is -2.39. The Balaban J connectivity index is 2.39. The van der Waals surface area contributed by atoms with E-state index >= 15 is 0 Å². The van der Waals surface area contributed by atoms with Crippen LogP contribution in [0.4, 0.5) is 4.79 Å². The Kier molecular flexibility index (Phi) is 5.44. The lowest BCUT2D eigenvalue weighted by molar-refractivity contribution is 0.0953. The third-order valence-corrected chi connectivity index (χ3v) is 2.61. The van der Waals surface area contributed by atoms with Crippen LogP contribution in [0.1, 0.15) is 10.4 Å². The molecule has 0 saturated carbocycles. The van der Waals surface area contributed by atoms with Crippen molar-refractivity contribution >= 4 is 23.5 Å². The molecule has 0 radical (unpaired) electrons. The smallest absolute Gasteiger partial charge is 0.316 e. The van der Waals surface area contributed by atoms with Crippen molar-refractivity contribution in [2.24, 2.45) is 0 Å². The Morgan fingerprint density at radius 1 is 1.26 bits per heavy atom. The van der Waals surface area contributed by atoms with E-state index in [1.165, 1.54) is 23.1 Å². The molecule has 1 aromatic rings. The van der Waals surface area contributed by atoms with Gasteiger partial charge in [-0.15, -0.1) is 0 Å². The number of phenols is 1. The van der Waals surface area contributed by atoms with Crippen LogP contribution >= 0.6 is 11.6 Å². The zero-order valence-corrected chi connectivity index (χ0v) is 11.5. The number of hydrogen-bond acceptors (Lipinski definition) is 3. The number of urea groups is 1. The fraction of sp³-hybridized carbons (Fsp3) is 0.333. The number of amides is 3. The van der Waals surface area contributed by atoms with Gasteiger partial charge in [0.25, 0.3) is 5.91 Å². The zero-order chi connectivity index (χ0) is 14.4. The molecule has 3 N–H and O–H groups in total. The Morgan fingerprint density at radius 2 is 1.89 bits per heavy atom. The van der Waals surface area contributed by atoms with Gasteiger partial charge in [0.05, 0.1) is 5.02 Å². The molecule has 0 aliphatic rings. The average molecular weight is 286 g/mol. The van der Waals surface area contributed by atoms with Crippen LogP contribution < -0.4 is 10.6 Å². The van der Waals surface area contributed by atoms with Crippen molar-refractivity contribution in [2.45, 2.75) is 0 Å². The number of benzene rings is 1. The number of halogens is 1. The summed E-state index contributed by atoms with van der Waals surface area (Å²) in [5, 5.41) is 14.6. The van der Waals surface area contributed by atoms with Crippen LogP contribution in [0.2, 0.25) is 5.02 Å². The van der Waals surface area contributed by atoms with Gasteiger partial charge in [0, 0.05) is 32.7 Å². The van der Waals surface area contributed by atoms with Gasteiger partial charge in [-0.2, -0.15) is 0 Å². The quantitative estimate of drug-likeness (QED) is 0.723. The van der Waals surface area contributed by atoms with Crippen molar-refractivity contribution in [1.82, 2.24) is 15.5 Å². The summed E-state index contributed by atoms with van der Waals surface area (Å²) in [6, 6.07) is 3.98. The molecule has 0 unspecified atom stereocenters. The van der Waals surface area contributed by atoms with Crippen LogP contribution in [0.5, 0.6) is 5.75 Å². The molecule has 0 heterocycles. The van der Waals surface area contributed by atoms with Crippen LogP contribution in [0, 0.1) is 0 Å². The molecule has 1 rings (SSSR count). The summed E-state index contributed by atoms with van der Waals surface area (Å²) < 4.78 is 0. The van der Waals surface area contributed by atoms with E-state index in [0.717, 1.165) is 0 Å². The molecule has 7 heteroatoms. The van der Waals surface area contributed by atoms with Crippen LogP contribution in [0.3, 0.4) is 0 Å². The van der Waals surface area contributed by atoms with Crippen molar-refractivity contribution in [3.05, 3.63) is 28.8 Å². The van der Waals surface area contributed by atoms with E-state index in [-0.39, 0.29) is 22.7 Å². The first kappa shape index (κ1) is 15.1. The van der Waals surface area contributed by atoms with Crippen LogP contribution in [0.25, 0.3) is 0 Å². The van der Waals surface area contributed by atoms with E-state index in [9.17, 15) is 14.7 Å². The van der Waals surface area contributed by atoms with E-state index in [1.807, 2.05) is 0 Å². The summed E-state index contributed by atoms with van der Waals surface area (Å²) in [6.07, 6.45) is 0. The molecule has 104 valence electrons. The summed E-state index contributed by atoms with van der Waals surface area (Å²) in [5.41, 5.74) is 0.349. The second kappa shape index (κ2) is 6.84. The number of phenolic OH excluding ortho intramolecular Hbond substituents is 1. The average Bonchev–Trinajstić information content (AvgIpc) is 2.37. The van der Waals surface area contributed by atoms with E-state index in [2.05, 4.69) is 10.6 Å². The molecule has 0 fully saturated rings. The molecule has 0 bridgehead atoms. The number of hydrogen-bond donors (Lipinski definition) is 3. The monoisotopic (exact) mass is 285 g/mol. The standard InChI is InChI=1S/C12H16ClN3O3/c1-16(2)12(19)15-6-5-14-11(18)8-3-4-10(17)9(13)7-8/h3-4,7,17H,5-6H2,1-2H3,(H,14,18)(H,15,19). The van der Waals surface area contributed by atoms with E-state index in [4.69, 9.17) is 11.6 Å². The van der Waals surface area contributed by atoms with Gasteiger partial charge in [-0.1, -0.05) is 11.6 Å². The van der Waals surface area contributed by atoms with Gasteiger partial charge in [-0.3, -0.25) is 4.79 Å². The lowest BCUT2D eigenvalue weighted by Gasteiger charge is -2.12. The Labute approximate surface area is 116 Å². The molecule has 0 atom stereocenters. The number of rotatable bonds is 4. The van der Waals surface area contributed by atoms with Crippen molar-refractivity contribution in [2.75, 3.05) is 27.2 Å². The molecule has 1 aromatic carbocycles. The molecule has 0 aliphatic heterocycles. The topological polar surface area (TPSA) is 81.7 Å². The van der Waals surface area contributed by atoms with Gasteiger partial charge in [-0.05, 0) is 18.2 Å². The molecular formula is C12H16ClN3O3. The third-order valence-electron chi connectivity index (χ3n) is 2.30. The third kappa shape index (κ3) is 4.67. The minimum Gasteiger partial charge on any atom is -0.506 e. The van der Waals surface area contributed by atoms with Gasteiger partial charge in [0.15, 0.2) is 0 Å². The molecule has 6 nitrogen and oxygen atoms in total. The second-order valence-electron chi connectivity index (χ2n) is 4.05. The van der Waals surface area contributed by atoms with Gasteiger partial charge in [0.1, 0.15) is 5.75 Å². The summed E-state index contributed by atoms with van der Waals surface area (Å²) in [4.78, 5) is 24.3. The van der Waals surface area contributed by atoms with Crippen molar-refractivity contribution < 1.29 is 14.7 Å². The first-order valence-electron chi connectivity index (χ1n) is 5.63. The highest BCUT2D eigenvalue weighted by atomic mass is 35.5. The summed E-state index contributed by atoms with van der Waals surface area (Å²) >= 11 is 5.70. The highest BCUT2D eigenvalue weighted by Crippen LogP contribution is 2.23. The predicted octanol–water partition coefficient (Wildman–Crippen LogP) is 1.05. The maximum Gasteiger partial charge on any atom is 0.316 e. The molecule has 3 amide bonds. The molecule has 19 heavy (non-hydrogen) atoms. The molecule has 0 aromatic heterocycles. The highest BCUT2D eigenvalue weighted by Gasteiger charge is 2.08. The number of nitrogens with zero attached hydrogens (tertiary/aromatic N) is 1. The van der Waals surface area contributed by atoms with Gasteiger partial charge in [-0.25, -0.2) is 4.79 Å². The minimum atomic E-state index is -0.319. The van der Waals surface area contributed by atoms with Crippen LogP contribution in [-0.4, -0.2) is 49.1 Å². The van der Waals surface area contributed by atoms with Gasteiger partial charge in [0.2, 0.25) is 0 Å². The Morgan fingerprint density at radius 3 is 2.47 bits per heavy atom. The van der Waals surface area contributed by atoms with Gasteiger partial charge < -0.3 is 20.6 Å². The van der Waals surface area contributed by atoms with E-state index in [1.54, 1.807) is 14.1 Å². The normalized spacial score (nSPS) is 9.84. The Bertz CT molecular complexity index is 477. The summed E-state index contributed by atoms with van der Waals surface area (Å²) in [6.45, 7) is 0.630. The number of carbonyl (C=O) groups is 2. The van der Waals surface area contributed by atoms with Crippen LogP contribution in [0.15, 0.2) is 18.2 Å². The zero-order valence-electron chi connectivity index (χ0n) is 10.7. The van der Waals surface area contributed by atoms with Crippen molar-refractivity contribution in [3.8, 4) is 5.75 Å².